The molecule has 1 amide bonds. The highest BCUT2D eigenvalue weighted by molar-refractivity contribution is 6.31. The number of nitrogens with one attached hydrogen (secondary N) is 1. The number of carboxylic acids is 1. The Labute approximate surface area is 274 Å². The molecule has 1 saturated heterocycles. The Kier molecular flexibility index (Phi) is 6.24. The second-order valence-electron chi connectivity index (χ2n) is 13.8. The van der Waals surface area contributed by atoms with Gasteiger partial charge in [0.05, 0.1) is 21.6 Å². The van der Waals surface area contributed by atoms with Gasteiger partial charge in [-0.2, -0.15) is 0 Å². The number of halogens is 3. The van der Waals surface area contributed by atoms with Crippen LogP contribution in [-0.4, -0.2) is 50.1 Å². The maximum Gasteiger partial charge on any atom is 0.335 e. The van der Waals surface area contributed by atoms with Gasteiger partial charge >= 0.3 is 5.97 Å². The van der Waals surface area contributed by atoms with Gasteiger partial charge in [-0.3, -0.25) is 9.69 Å². The van der Waals surface area contributed by atoms with E-state index in [0.717, 1.165) is 36.2 Å². The normalized spacial score (nSPS) is 32.6. The monoisotopic (exact) mass is 659 g/mol. The zero-order valence-corrected chi connectivity index (χ0v) is 26.3. The Bertz CT molecular complexity index is 1980. The maximum atomic E-state index is 16.4. The first-order valence-electron chi connectivity index (χ1n) is 16.0. The number of imidazole rings is 1. The number of amides is 1. The molecule has 6 atom stereocenters. The van der Waals surface area contributed by atoms with Gasteiger partial charge in [-0.25, -0.2) is 14.2 Å². The van der Waals surface area contributed by atoms with E-state index in [1.807, 2.05) is 6.07 Å². The van der Waals surface area contributed by atoms with E-state index in [-0.39, 0.29) is 28.6 Å². The van der Waals surface area contributed by atoms with Crippen molar-refractivity contribution in [3.63, 3.8) is 0 Å². The van der Waals surface area contributed by atoms with Gasteiger partial charge in [0, 0.05) is 53.3 Å². The number of rotatable bonds is 4. The molecule has 3 aliphatic carbocycles. The van der Waals surface area contributed by atoms with E-state index >= 15 is 4.39 Å². The summed E-state index contributed by atoms with van der Waals surface area (Å²) in [5.41, 5.74) is 8.65. The minimum Gasteiger partial charge on any atom is -0.478 e. The van der Waals surface area contributed by atoms with Crippen molar-refractivity contribution < 1.29 is 19.1 Å². The van der Waals surface area contributed by atoms with Crippen molar-refractivity contribution in [3.8, 4) is 0 Å². The molecule has 6 aliphatic rings. The zero-order valence-electron chi connectivity index (χ0n) is 24.8. The molecule has 1 spiro atoms. The van der Waals surface area contributed by atoms with Crippen LogP contribution in [0.5, 0.6) is 0 Å². The number of anilines is 1. The van der Waals surface area contributed by atoms with Gasteiger partial charge in [0.15, 0.2) is 0 Å². The average Bonchev–Trinajstić information content (AvgIpc) is 3.61. The Morgan fingerprint density at radius 3 is 2.72 bits per heavy atom. The SMILES string of the molecule is NC1CC(CN2[C@H]3CCn4c(nc5cc(C(=O)O)ccc54)[C@H]3[C@H](c3cccc(Cl)c3F)[C@]23C(=O)Nc2cc(Cl)ccc23)C2CC1C2. The lowest BCUT2D eigenvalue weighted by molar-refractivity contribution is -0.129. The predicted molar refractivity (Wildman–Crippen MR) is 173 cm³/mol. The molecular weight excluding hydrogens is 628 g/mol. The number of nitrogens with two attached hydrogens (primary N) is 1. The van der Waals surface area contributed by atoms with Crippen LogP contribution < -0.4 is 11.1 Å². The molecule has 2 bridgehead atoms. The highest BCUT2D eigenvalue weighted by atomic mass is 35.5. The molecule has 3 aromatic carbocycles. The largest absolute Gasteiger partial charge is 0.478 e. The average molecular weight is 661 g/mol. The topological polar surface area (TPSA) is 113 Å². The molecule has 8 nitrogen and oxygen atoms in total. The standard InChI is InChI=1S/C35H32Cl2FN5O3/c36-20-5-6-22-25(14-20)41-34(46)35(22)30(21-2-1-3-23(37)31(21)38)29-28(43(35)15-19-12-24(39)18-10-17(19)11-18)8-9-42-27-7-4-16(33(44)45)13-26(27)40-32(29)42/h1-7,13-14,17-19,24,28-30H,8-12,15,39H2,(H,41,46)(H,44,45)/t17?,18?,19?,24?,28-,29+,30-,35+/m0/s1. The number of nitrogens with zero attached hydrogens (tertiary/aromatic N) is 3. The molecule has 10 rings (SSSR count). The third-order valence-electron chi connectivity index (χ3n) is 11.8. The van der Waals surface area contributed by atoms with Gasteiger partial charge in [0.25, 0.3) is 0 Å². The molecule has 11 heteroatoms. The lowest BCUT2D eigenvalue weighted by Gasteiger charge is -2.53. The van der Waals surface area contributed by atoms with E-state index in [0.29, 0.717) is 59.1 Å². The summed E-state index contributed by atoms with van der Waals surface area (Å²) in [5, 5.41) is 13.3. The van der Waals surface area contributed by atoms with E-state index in [2.05, 4.69) is 14.8 Å². The minimum absolute atomic E-state index is 0.00781. The molecular formula is C35H32Cl2FN5O3. The van der Waals surface area contributed by atoms with Crippen molar-refractivity contribution >= 4 is 51.8 Å². The minimum atomic E-state index is -1.27. The van der Waals surface area contributed by atoms with Crippen LogP contribution in [0.3, 0.4) is 0 Å². The first-order chi connectivity index (χ1) is 22.2. The van der Waals surface area contributed by atoms with Crippen molar-refractivity contribution in [2.75, 3.05) is 11.9 Å². The number of aromatic nitrogens is 2. The summed E-state index contributed by atoms with van der Waals surface area (Å²) in [7, 11) is 0. The van der Waals surface area contributed by atoms with Crippen LogP contribution in [0.1, 0.15) is 64.8 Å². The Hall–Kier alpha value is -3.50. The van der Waals surface area contributed by atoms with Gasteiger partial charge < -0.3 is 20.7 Å². The van der Waals surface area contributed by atoms with E-state index in [4.69, 9.17) is 33.9 Å². The Morgan fingerprint density at radius 2 is 1.93 bits per heavy atom. The smallest absolute Gasteiger partial charge is 0.335 e. The molecule has 46 heavy (non-hydrogen) atoms. The lowest BCUT2D eigenvalue weighted by Crippen LogP contribution is -2.57. The Balaban J connectivity index is 1.31. The van der Waals surface area contributed by atoms with Gasteiger partial charge in [-0.15, -0.1) is 0 Å². The van der Waals surface area contributed by atoms with Crippen LogP contribution in [0, 0.1) is 23.6 Å². The fourth-order valence-corrected chi connectivity index (χ4v) is 10.2. The zero-order chi connectivity index (χ0) is 31.6. The number of benzene rings is 3. The first kappa shape index (κ1) is 28.7. The number of carbonyl (C=O) groups excluding carboxylic acids is 1. The van der Waals surface area contributed by atoms with Gasteiger partial charge in [-0.05, 0) is 85.4 Å². The van der Waals surface area contributed by atoms with Crippen LogP contribution in [0.2, 0.25) is 10.0 Å². The van der Waals surface area contributed by atoms with E-state index in [1.54, 1.807) is 42.5 Å². The molecule has 3 aliphatic heterocycles. The first-order valence-corrected chi connectivity index (χ1v) is 16.7. The van der Waals surface area contributed by atoms with Crippen LogP contribution in [-0.2, 0) is 16.9 Å². The Morgan fingerprint density at radius 1 is 1.11 bits per heavy atom. The summed E-state index contributed by atoms with van der Waals surface area (Å²) in [4.78, 5) is 34.1. The number of likely N-dealkylation sites (tertiary alicyclic amines) is 1. The van der Waals surface area contributed by atoms with E-state index < -0.39 is 29.2 Å². The van der Waals surface area contributed by atoms with Crippen molar-refractivity contribution in [1.82, 2.24) is 14.5 Å². The second kappa shape index (κ2) is 10.0. The number of aryl methyl sites for hydroxylation is 1. The van der Waals surface area contributed by atoms with Crippen molar-refractivity contribution in [1.29, 1.82) is 0 Å². The van der Waals surface area contributed by atoms with E-state index in [9.17, 15) is 14.7 Å². The maximum absolute atomic E-state index is 16.4. The number of aromatic carboxylic acids is 1. The second-order valence-corrected chi connectivity index (χ2v) is 14.7. The summed E-state index contributed by atoms with van der Waals surface area (Å²) >= 11 is 12.9. The summed E-state index contributed by atoms with van der Waals surface area (Å²) in [6, 6.07) is 15.4. The molecule has 4 N–H and O–H groups in total. The van der Waals surface area contributed by atoms with Crippen LogP contribution in [0.4, 0.5) is 10.1 Å². The number of carbonyl (C=O) groups is 2. The fourth-order valence-electron chi connectivity index (χ4n) is 9.80. The highest BCUT2D eigenvalue weighted by Crippen LogP contribution is 2.65. The number of hydrogen-bond acceptors (Lipinski definition) is 5. The molecule has 4 fully saturated rings. The van der Waals surface area contributed by atoms with Crippen LogP contribution in [0.15, 0.2) is 54.6 Å². The quantitative estimate of drug-likeness (QED) is 0.235. The van der Waals surface area contributed by atoms with Gasteiger partial charge in [0.2, 0.25) is 5.91 Å². The van der Waals surface area contributed by atoms with Crippen molar-refractivity contribution in [2.45, 2.75) is 61.7 Å². The molecule has 236 valence electrons. The predicted octanol–water partition coefficient (Wildman–Crippen LogP) is 6.36. The summed E-state index contributed by atoms with van der Waals surface area (Å²) in [6.07, 6.45) is 3.80. The van der Waals surface area contributed by atoms with Crippen LogP contribution in [0.25, 0.3) is 11.0 Å². The van der Waals surface area contributed by atoms with Crippen molar-refractivity contribution in [3.05, 3.63) is 93.0 Å². The third kappa shape index (κ3) is 3.77. The lowest BCUT2D eigenvalue weighted by atomic mass is 9.57. The summed E-state index contributed by atoms with van der Waals surface area (Å²) in [6.45, 7) is 1.27. The third-order valence-corrected chi connectivity index (χ3v) is 12.4. The highest BCUT2D eigenvalue weighted by Gasteiger charge is 2.69. The van der Waals surface area contributed by atoms with E-state index in [1.165, 1.54) is 6.07 Å². The van der Waals surface area contributed by atoms with Gasteiger partial charge in [0.1, 0.15) is 17.2 Å². The van der Waals surface area contributed by atoms with Crippen LogP contribution >= 0.6 is 23.2 Å². The molecule has 1 aromatic heterocycles. The molecule has 3 saturated carbocycles. The molecule has 4 aromatic rings. The fraction of sp³-hybridized carbons (Fsp3) is 0.400. The molecule has 0 radical (unpaired) electrons. The van der Waals surface area contributed by atoms with Crippen molar-refractivity contribution in [2.24, 2.45) is 23.5 Å². The summed E-state index contributed by atoms with van der Waals surface area (Å²) in [5.74, 6) is -0.767. The summed E-state index contributed by atoms with van der Waals surface area (Å²) < 4.78 is 18.6. The number of carboxylic acid groups (broad SMARTS) is 1. The number of fused-ring (bicyclic) bond motifs is 9. The number of hydrogen-bond donors (Lipinski definition) is 3. The van der Waals surface area contributed by atoms with Gasteiger partial charge in [-0.1, -0.05) is 41.4 Å². The molecule has 4 heterocycles. The molecule has 2 unspecified atom stereocenters.